The highest BCUT2D eigenvalue weighted by Gasteiger charge is 2.23. The summed E-state index contributed by atoms with van der Waals surface area (Å²) in [5.74, 6) is -0.496. The van der Waals surface area contributed by atoms with Gasteiger partial charge in [-0.15, -0.1) is 0 Å². The van der Waals surface area contributed by atoms with E-state index in [2.05, 4.69) is 0 Å². The molecule has 1 aliphatic heterocycles. The van der Waals surface area contributed by atoms with Crippen molar-refractivity contribution in [1.29, 1.82) is 0 Å². The molecule has 0 aliphatic carbocycles. The van der Waals surface area contributed by atoms with E-state index < -0.39 is 12.0 Å². The lowest BCUT2D eigenvalue weighted by atomic mass is 9.98. The molecule has 86 valence electrons. The second kappa shape index (κ2) is 4.31. The highest BCUT2D eigenvalue weighted by Crippen LogP contribution is 2.35. The maximum Gasteiger partial charge on any atom is 0.325 e. The number of carbonyl (C=O) groups is 1. The summed E-state index contributed by atoms with van der Waals surface area (Å²) >= 11 is 5.93. The Labute approximate surface area is 98.0 Å². The van der Waals surface area contributed by atoms with Crippen molar-refractivity contribution in [3.8, 4) is 5.75 Å². The Morgan fingerprint density at radius 3 is 3.00 bits per heavy atom. The number of halogens is 1. The Hall–Kier alpha value is -1.26. The molecule has 0 saturated heterocycles. The first kappa shape index (κ1) is 11.2. The first-order valence-corrected chi connectivity index (χ1v) is 5.41. The van der Waals surface area contributed by atoms with E-state index in [0.29, 0.717) is 22.9 Å². The van der Waals surface area contributed by atoms with Gasteiger partial charge in [-0.3, -0.25) is 4.79 Å². The summed E-state index contributed by atoms with van der Waals surface area (Å²) in [6.07, 6.45) is 1.75. The van der Waals surface area contributed by atoms with Crippen molar-refractivity contribution in [1.82, 2.24) is 0 Å². The molecule has 1 aromatic rings. The Kier molecular flexibility index (Phi) is 3.03. The van der Waals surface area contributed by atoms with E-state index in [1.165, 1.54) is 0 Å². The van der Waals surface area contributed by atoms with Crippen LogP contribution >= 0.6 is 11.6 Å². The van der Waals surface area contributed by atoms with Crippen molar-refractivity contribution in [3.05, 3.63) is 28.3 Å². The molecule has 1 unspecified atom stereocenters. The number of ether oxygens (including phenoxy) is 1. The van der Waals surface area contributed by atoms with Crippen molar-refractivity contribution in [2.75, 3.05) is 6.61 Å². The molecule has 0 aromatic heterocycles. The van der Waals surface area contributed by atoms with E-state index in [1.54, 1.807) is 12.1 Å². The van der Waals surface area contributed by atoms with E-state index in [1.807, 2.05) is 0 Å². The van der Waals surface area contributed by atoms with Crippen LogP contribution in [0.25, 0.3) is 0 Å². The average molecular weight is 242 g/mol. The average Bonchev–Trinajstić information content (AvgIpc) is 2.26. The van der Waals surface area contributed by atoms with Crippen LogP contribution in [0.1, 0.15) is 23.6 Å². The van der Waals surface area contributed by atoms with Gasteiger partial charge < -0.3 is 15.6 Å². The van der Waals surface area contributed by atoms with Gasteiger partial charge in [-0.1, -0.05) is 11.6 Å². The number of fused-ring (bicyclic) bond motifs is 1. The second-order valence-electron chi connectivity index (χ2n) is 3.75. The van der Waals surface area contributed by atoms with E-state index in [9.17, 15) is 4.79 Å². The lowest BCUT2D eigenvalue weighted by Crippen LogP contribution is -2.23. The normalized spacial score (nSPS) is 16.1. The van der Waals surface area contributed by atoms with Crippen LogP contribution < -0.4 is 10.5 Å². The Bertz CT molecular complexity index is 433. The molecule has 0 bridgehead atoms. The molecule has 3 N–H and O–H groups in total. The number of rotatable bonds is 2. The topological polar surface area (TPSA) is 72.6 Å². The maximum atomic E-state index is 10.9. The third kappa shape index (κ3) is 1.99. The van der Waals surface area contributed by atoms with Crippen LogP contribution in [0.3, 0.4) is 0 Å². The van der Waals surface area contributed by atoms with Gasteiger partial charge in [-0.2, -0.15) is 0 Å². The third-order valence-corrected chi connectivity index (χ3v) is 2.82. The summed E-state index contributed by atoms with van der Waals surface area (Å²) in [5, 5.41) is 9.40. The molecule has 0 saturated carbocycles. The molecule has 0 fully saturated rings. The molecule has 2 rings (SSSR count). The monoisotopic (exact) mass is 241 g/mol. The molecule has 1 atom stereocenters. The van der Waals surface area contributed by atoms with E-state index in [4.69, 9.17) is 27.2 Å². The van der Waals surface area contributed by atoms with E-state index in [0.717, 1.165) is 18.4 Å². The Balaban J connectivity index is 2.51. The van der Waals surface area contributed by atoms with Gasteiger partial charge in [0.05, 0.1) is 6.61 Å². The van der Waals surface area contributed by atoms with E-state index >= 15 is 0 Å². The van der Waals surface area contributed by atoms with Gasteiger partial charge in [0.15, 0.2) is 0 Å². The minimum absolute atomic E-state index is 0.453. The Morgan fingerprint density at radius 2 is 2.31 bits per heavy atom. The zero-order chi connectivity index (χ0) is 11.7. The number of aliphatic carboxylic acids is 1. The van der Waals surface area contributed by atoms with Crippen LogP contribution in [0.5, 0.6) is 5.75 Å². The molecule has 16 heavy (non-hydrogen) atoms. The van der Waals surface area contributed by atoms with Crippen molar-refractivity contribution in [2.24, 2.45) is 5.73 Å². The first-order valence-electron chi connectivity index (χ1n) is 5.03. The minimum atomic E-state index is -1.09. The fourth-order valence-electron chi connectivity index (χ4n) is 1.84. The van der Waals surface area contributed by atoms with Crippen LogP contribution in [-0.4, -0.2) is 17.7 Å². The van der Waals surface area contributed by atoms with Crippen LogP contribution in [0.4, 0.5) is 0 Å². The third-order valence-electron chi connectivity index (χ3n) is 2.60. The second-order valence-corrected chi connectivity index (χ2v) is 4.19. The predicted molar refractivity (Wildman–Crippen MR) is 59.8 cm³/mol. The zero-order valence-corrected chi connectivity index (χ0v) is 9.33. The molecule has 0 amide bonds. The van der Waals surface area contributed by atoms with Crippen molar-refractivity contribution >= 4 is 17.6 Å². The van der Waals surface area contributed by atoms with Crippen LogP contribution in [0.2, 0.25) is 5.02 Å². The molecule has 1 aromatic carbocycles. The van der Waals surface area contributed by atoms with Crippen molar-refractivity contribution in [3.63, 3.8) is 0 Å². The lowest BCUT2D eigenvalue weighted by Gasteiger charge is -2.22. The lowest BCUT2D eigenvalue weighted by molar-refractivity contribution is -0.138. The number of benzene rings is 1. The minimum Gasteiger partial charge on any atom is -0.493 e. The standard InChI is InChI=1S/C11H12ClNO3/c12-7-4-6-2-1-3-16-10(6)8(5-7)9(13)11(14)15/h4-5,9H,1-3,13H2,(H,14,15). The predicted octanol–water partition coefficient (Wildman–Crippen LogP) is 1.75. The summed E-state index contributed by atoms with van der Waals surface area (Å²) in [4.78, 5) is 10.9. The number of carboxylic acids is 1. The molecule has 1 heterocycles. The van der Waals surface area contributed by atoms with Gasteiger partial charge in [0, 0.05) is 10.6 Å². The van der Waals surface area contributed by atoms with Crippen LogP contribution in [0, 0.1) is 0 Å². The van der Waals surface area contributed by atoms with Crippen LogP contribution in [0.15, 0.2) is 12.1 Å². The van der Waals surface area contributed by atoms with Crippen LogP contribution in [-0.2, 0) is 11.2 Å². The maximum absolute atomic E-state index is 10.9. The molecule has 1 aliphatic rings. The molecule has 0 radical (unpaired) electrons. The summed E-state index contributed by atoms with van der Waals surface area (Å²) in [6.45, 7) is 0.591. The molecule has 0 spiro atoms. The summed E-state index contributed by atoms with van der Waals surface area (Å²) < 4.78 is 5.48. The summed E-state index contributed by atoms with van der Waals surface area (Å²) in [6, 6.07) is 2.27. The number of nitrogens with two attached hydrogens (primary N) is 1. The summed E-state index contributed by atoms with van der Waals surface area (Å²) in [7, 11) is 0. The Morgan fingerprint density at radius 1 is 1.56 bits per heavy atom. The fourth-order valence-corrected chi connectivity index (χ4v) is 2.09. The smallest absolute Gasteiger partial charge is 0.325 e. The van der Waals surface area contributed by atoms with Crippen molar-refractivity contribution in [2.45, 2.75) is 18.9 Å². The number of hydrogen-bond donors (Lipinski definition) is 2. The van der Waals surface area contributed by atoms with Gasteiger partial charge >= 0.3 is 5.97 Å². The van der Waals surface area contributed by atoms with Gasteiger partial charge in [-0.05, 0) is 30.5 Å². The van der Waals surface area contributed by atoms with Gasteiger partial charge in [0.1, 0.15) is 11.8 Å². The summed E-state index contributed by atoms with van der Waals surface area (Å²) in [5.41, 5.74) is 6.98. The SMILES string of the molecule is NC(C(=O)O)c1cc(Cl)cc2c1OCCC2. The molecular weight excluding hydrogens is 230 g/mol. The largest absolute Gasteiger partial charge is 0.493 e. The number of hydrogen-bond acceptors (Lipinski definition) is 3. The fraction of sp³-hybridized carbons (Fsp3) is 0.364. The molecular formula is C11H12ClNO3. The highest BCUT2D eigenvalue weighted by molar-refractivity contribution is 6.30. The zero-order valence-electron chi connectivity index (χ0n) is 8.57. The van der Waals surface area contributed by atoms with Gasteiger partial charge in [0.25, 0.3) is 0 Å². The number of carboxylic acid groups (broad SMARTS) is 1. The molecule has 5 heteroatoms. The quantitative estimate of drug-likeness (QED) is 0.827. The first-order chi connectivity index (χ1) is 7.59. The van der Waals surface area contributed by atoms with Gasteiger partial charge in [0.2, 0.25) is 0 Å². The van der Waals surface area contributed by atoms with E-state index in [-0.39, 0.29) is 0 Å². The van der Waals surface area contributed by atoms with Crippen molar-refractivity contribution < 1.29 is 14.6 Å². The molecule has 4 nitrogen and oxygen atoms in total. The highest BCUT2D eigenvalue weighted by atomic mass is 35.5. The number of aryl methyl sites for hydroxylation is 1. The van der Waals surface area contributed by atoms with Gasteiger partial charge in [-0.25, -0.2) is 0 Å².